The van der Waals surface area contributed by atoms with E-state index in [0.717, 1.165) is 12.1 Å². The van der Waals surface area contributed by atoms with Gasteiger partial charge in [0.05, 0.1) is 29.4 Å². The number of ether oxygens (including phenoxy) is 1. The Bertz CT molecular complexity index is 944. The molecule has 9 heteroatoms. The number of alkyl halides is 3. The molecule has 0 bridgehead atoms. The lowest BCUT2D eigenvalue weighted by atomic mass is 10.0. The second-order valence-corrected chi connectivity index (χ2v) is 8.81. The van der Waals surface area contributed by atoms with E-state index in [4.69, 9.17) is 4.74 Å². The van der Waals surface area contributed by atoms with Gasteiger partial charge in [-0.2, -0.15) is 13.2 Å². The van der Waals surface area contributed by atoms with E-state index in [-0.39, 0.29) is 36.1 Å². The minimum atomic E-state index is -4.42. The summed E-state index contributed by atoms with van der Waals surface area (Å²) in [5, 5.41) is 0. The molecular formula is C20H20F3NO4S. The molecule has 29 heavy (non-hydrogen) atoms. The first-order chi connectivity index (χ1) is 13.7. The van der Waals surface area contributed by atoms with Crippen molar-refractivity contribution in [2.75, 3.05) is 25.4 Å². The zero-order chi connectivity index (χ0) is 21.1. The lowest BCUT2D eigenvalue weighted by Gasteiger charge is -2.33. The van der Waals surface area contributed by atoms with Gasteiger partial charge in [-0.15, -0.1) is 0 Å². The van der Waals surface area contributed by atoms with Crippen LogP contribution in [0.2, 0.25) is 0 Å². The molecule has 156 valence electrons. The van der Waals surface area contributed by atoms with Crippen LogP contribution in [-0.2, 0) is 25.5 Å². The summed E-state index contributed by atoms with van der Waals surface area (Å²) in [6, 6.07) is 12.5. The highest BCUT2D eigenvalue weighted by atomic mass is 32.2. The molecule has 0 saturated carbocycles. The van der Waals surface area contributed by atoms with Crippen LogP contribution in [0.4, 0.5) is 13.2 Å². The number of halogens is 3. The first-order valence-electron chi connectivity index (χ1n) is 9.01. The SMILES string of the molecule is O=C(CCS(=O)(=O)c1ccccc1)N1CCO[C@H](c2ccc(C(F)(F)F)cc2)C1. The topological polar surface area (TPSA) is 63.7 Å². The van der Waals surface area contributed by atoms with Gasteiger partial charge in [0.15, 0.2) is 9.84 Å². The third kappa shape index (κ3) is 5.36. The van der Waals surface area contributed by atoms with Crippen molar-refractivity contribution in [3.63, 3.8) is 0 Å². The van der Waals surface area contributed by atoms with E-state index in [0.29, 0.717) is 12.1 Å². The van der Waals surface area contributed by atoms with Crippen LogP contribution in [0.3, 0.4) is 0 Å². The Morgan fingerprint density at radius 3 is 2.34 bits per heavy atom. The lowest BCUT2D eigenvalue weighted by molar-refractivity contribution is -0.138. The zero-order valence-electron chi connectivity index (χ0n) is 15.4. The molecule has 0 spiro atoms. The maximum atomic E-state index is 12.7. The fourth-order valence-corrected chi connectivity index (χ4v) is 4.34. The smallest absolute Gasteiger partial charge is 0.370 e. The van der Waals surface area contributed by atoms with Gasteiger partial charge in [-0.3, -0.25) is 4.79 Å². The molecular weight excluding hydrogens is 407 g/mol. The maximum Gasteiger partial charge on any atom is 0.416 e. The summed E-state index contributed by atoms with van der Waals surface area (Å²) in [4.78, 5) is 14.2. The highest BCUT2D eigenvalue weighted by Gasteiger charge is 2.31. The standard InChI is InChI=1S/C20H20F3NO4S/c21-20(22,23)16-8-6-15(7-9-16)18-14-24(11-12-28-18)19(25)10-13-29(26,27)17-4-2-1-3-5-17/h1-9,18H,10-14H2/t18-/m0/s1. The highest BCUT2D eigenvalue weighted by molar-refractivity contribution is 7.91. The van der Waals surface area contributed by atoms with Crippen LogP contribution in [-0.4, -0.2) is 44.7 Å². The van der Waals surface area contributed by atoms with Gasteiger partial charge in [0, 0.05) is 13.0 Å². The van der Waals surface area contributed by atoms with Gasteiger partial charge in [-0.1, -0.05) is 30.3 Å². The third-order valence-corrected chi connectivity index (χ3v) is 6.45. The van der Waals surface area contributed by atoms with E-state index < -0.39 is 27.7 Å². The predicted molar refractivity (Wildman–Crippen MR) is 99.8 cm³/mol. The summed E-state index contributed by atoms with van der Waals surface area (Å²) in [5.41, 5.74) is -0.219. The van der Waals surface area contributed by atoms with Crippen LogP contribution in [0.15, 0.2) is 59.5 Å². The summed E-state index contributed by atoms with van der Waals surface area (Å²) < 4.78 is 68.4. The second-order valence-electron chi connectivity index (χ2n) is 6.70. The molecule has 1 heterocycles. The van der Waals surface area contributed by atoms with Crippen LogP contribution in [0, 0.1) is 0 Å². The summed E-state index contributed by atoms with van der Waals surface area (Å²) in [7, 11) is -3.56. The highest BCUT2D eigenvalue weighted by Crippen LogP contribution is 2.31. The van der Waals surface area contributed by atoms with Gasteiger partial charge >= 0.3 is 6.18 Å². The quantitative estimate of drug-likeness (QED) is 0.733. The van der Waals surface area contributed by atoms with Crippen molar-refractivity contribution < 1.29 is 31.1 Å². The number of sulfone groups is 1. The summed E-state index contributed by atoms with van der Waals surface area (Å²) in [6.45, 7) is 0.694. The van der Waals surface area contributed by atoms with E-state index in [9.17, 15) is 26.4 Å². The molecule has 1 atom stereocenters. The molecule has 0 aliphatic carbocycles. The number of carbonyl (C=O) groups excluding carboxylic acids is 1. The van der Waals surface area contributed by atoms with Crippen LogP contribution in [0.25, 0.3) is 0 Å². The molecule has 2 aromatic rings. The zero-order valence-corrected chi connectivity index (χ0v) is 16.2. The van der Waals surface area contributed by atoms with Gasteiger partial charge in [0.2, 0.25) is 5.91 Å². The maximum absolute atomic E-state index is 12.7. The molecule has 1 aliphatic rings. The summed E-state index contributed by atoms with van der Waals surface area (Å²) in [5.74, 6) is -0.636. The fourth-order valence-electron chi connectivity index (χ4n) is 3.09. The van der Waals surface area contributed by atoms with Crippen molar-refractivity contribution in [2.24, 2.45) is 0 Å². The van der Waals surface area contributed by atoms with Crippen LogP contribution < -0.4 is 0 Å². The van der Waals surface area contributed by atoms with Gasteiger partial charge < -0.3 is 9.64 Å². The molecule has 1 amide bonds. The average molecular weight is 427 g/mol. The second kappa shape index (κ2) is 8.54. The molecule has 3 rings (SSSR count). The summed E-state index contributed by atoms with van der Waals surface area (Å²) in [6.07, 6.45) is -5.14. The number of nitrogens with zero attached hydrogens (tertiary/aromatic N) is 1. The van der Waals surface area contributed by atoms with E-state index in [1.54, 1.807) is 18.2 Å². The van der Waals surface area contributed by atoms with Crippen LogP contribution in [0.1, 0.15) is 23.7 Å². The lowest BCUT2D eigenvalue weighted by Crippen LogP contribution is -2.42. The third-order valence-electron chi connectivity index (χ3n) is 4.72. The van der Waals surface area contributed by atoms with E-state index in [1.807, 2.05) is 0 Å². The molecule has 1 aliphatic heterocycles. The Labute approximate surface area is 167 Å². The Balaban J connectivity index is 1.61. The number of hydrogen-bond acceptors (Lipinski definition) is 4. The molecule has 0 N–H and O–H groups in total. The predicted octanol–water partition coefficient (Wildman–Crippen LogP) is 3.47. The Hall–Kier alpha value is -2.39. The normalized spacial score (nSPS) is 17.9. The van der Waals surface area contributed by atoms with Gasteiger partial charge in [0.1, 0.15) is 6.10 Å². The largest absolute Gasteiger partial charge is 0.416 e. The number of benzene rings is 2. The monoisotopic (exact) mass is 427 g/mol. The van der Waals surface area contributed by atoms with Crippen LogP contribution in [0.5, 0.6) is 0 Å². The molecule has 0 unspecified atom stereocenters. The summed E-state index contributed by atoms with van der Waals surface area (Å²) >= 11 is 0. The molecule has 1 fully saturated rings. The average Bonchev–Trinajstić information content (AvgIpc) is 2.72. The Morgan fingerprint density at radius 1 is 1.07 bits per heavy atom. The molecule has 1 saturated heterocycles. The number of rotatable bonds is 5. The van der Waals surface area contributed by atoms with Gasteiger partial charge in [-0.25, -0.2) is 8.42 Å². The Kier molecular flexibility index (Phi) is 6.28. The Morgan fingerprint density at radius 2 is 1.72 bits per heavy atom. The van der Waals surface area contributed by atoms with Gasteiger partial charge in [-0.05, 0) is 29.8 Å². The van der Waals surface area contributed by atoms with E-state index in [1.165, 1.54) is 29.2 Å². The minimum Gasteiger partial charge on any atom is -0.370 e. The number of hydrogen-bond donors (Lipinski definition) is 0. The molecule has 0 radical (unpaired) electrons. The van der Waals surface area contributed by atoms with E-state index >= 15 is 0 Å². The number of morpholine rings is 1. The molecule has 2 aromatic carbocycles. The van der Waals surface area contributed by atoms with Crippen molar-refractivity contribution in [2.45, 2.75) is 23.6 Å². The van der Waals surface area contributed by atoms with Gasteiger partial charge in [0.25, 0.3) is 0 Å². The first-order valence-corrected chi connectivity index (χ1v) is 10.7. The van der Waals surface area contributed by atoms with Crippen molar-refractivity contribution in [3.8, 4) is 0 Å². The fraction of sp³-hybridized carbons (Fsp3) is 0.350. The molecule has 5 nitrogen and oxygen atoms in total. The number of amides is 1. The minimum absolute atomic E-state index is 0.162. The van der Waals surface area contributed by atoms with Crippen molar-refractivity contribution >= 4 is 15.7 Å². The number of carbonyl (C=O) groups is 1. The van der Waals surface area contributed by atoms with E-state index in [2.05, 4.69) is 0 Å². The van der Waals surface area contributed by atoms with Crippen molar-refractivity contribution in [1.29, 1.82) is 0 Å². The van der Waals surface area contributed by atoms with Crippen LogP contribution >= 0.6 is 0 Å². The van der Waals surface area contributed by atoms with Crippen molar-refractivity contribution in [1.82, 2.24) is 4.90 Å². The first kappa shape index (κ1) is 21.3. The van der Waals surface area contributed by atoms with Crippen molar-refractivity contribution in [3.05, 3.63) is 65.7 Å². The molecule has 0 aromatic heterocycles.